The van der Waals surface area contributed by atoms with Gasteiger partial charge in [-0.05, 0) is 6.42 Å². The van der Waals surface area contributed by atoms with Gasteiger partial charge in [-0.1, -0.05) is 90.4 Å². The Balaban J connectivity index is 2.96. The fourth-order valence-corrected chi connectivity index (χ4v) is 2.95. The number of hydrogen-bond donors (Lipinski definition) is 1. The normalized spacial score (nSPS) is 12.6. The molecular weight excluding hydrogens is 311 g/mol. The Morgan fingerprint density at radius 2 is 1.09 bits per heavy atom. The Hall–Kier alpha value is 0.110. The molecule has 1 N–H and O–H groups in total. The summed E-state index contributed by atoms with van der Waals surface area (Å²) in [6.45, 7) is 3.63. The van der Waals surface area contributed by atoms with Gasteiger partial charge in [-0.3, -0.25) is 4.57 Å². The van der Waals surface area contributed by atoms with Crippen LogP contribution in [0, 0.1) is 0 Å². The monoisotopic (exact) mass is 350 g/mol. The summed E-state index contributed by atoms with van der Waals surface area (Å²) < 4.78 is 20.2. The molecule has 4 nitrogen and oxygen atoms in total. The number of ether oxygens (including phenoxy) is 1. The first kappa shape index (κ1) is 23.1. The van der Waals surface area contributed by atoms with Crippen molar-refractivity contribution in [1.29, 1.82) is 0 Å². The van der Waals surface area contributed by atoms with Crippen LogP contribution in [0.3, 0.4) is 0 Å². The zero-order valence-electron chi connectivity index (χ0n) is 15.2. The molecule has 0 rings (SSSR count). The summed E-state index contributed by atoms with van der Waals surface area (Å²) in [4.78, 5) is 8.46. The van der Waals surface area contributed by atoms with E-state index in [-0.39, 0.29) is 6.61 Å². The zero-order chi connectivity index (χ0) is 17.0. The number of rotatable bonds is 19. The second-order valence-corrected chi connectivity index (χ2v) is 7.14. The van der Waals surface area contributed by atoms with Crippen molar-refractivity contribution in [2.75, 3.05) is 19.8 Å². The molecule has 1 unspecified atom stereocenters. The van der Waals surface area contributed by atoms with Crippen molar-refractivity contribution in [3.63, 3.8) is 0 Å². The summed E-state index contributed by atoms with van der Waals surface area (Å²) in [7, 11) is -2.79. The van der Waals surface area contributed by atoms with Crippen LogP contribution in [-0.2, 0) is 13.8 Å². The summed E-state index contributed by atoms with van der Waals surface area (Å²) in [5.74, 6) is 0. The minimum Gasteiger partial charge on any atom is -0.379 e. The molecule has 0 bridgehead atoms. The highest BCUT2D eigenvalue weighted by molar-refractivity contribution is 7.32. The topological polar surface area (TPSA) is 55.8 Å². The fourth-order valence-electron chi connectivity index (χ4n) is 2.69. The summed E-state index contributed by atoms with van der Waals surface area (Å²) >= 11 is 0. The van der Waals surface area contributed by atoms with Gasteiger partial charge in [0.1, 0.15) is 0 Å². The van der Waals surface area contributed by atoms with Gasteiger partial charge < -0.3 is 14.2 Å². The number of unbranched alkanes of at least 4 members (excludes halogenated alkanes) is 13. The average Bonchev–Trinajstić information content (AvgIpc) is 2.53. The third kappa shape index (κ3) is 22.1. The van der Waals surface area contributed by atoms with Gasteiger partial charge in [-0.15, -0.1) is 0 Å². The lowest BCUT2D eigenvalue weighted by Crippen LogP contribution is -2.02. The third-order valence-corrected chi connectivity index (χ3v) is 4.55. The molecule has 0 aromatic carbocycles. The van der Waals surface area contributed by atoms with Gasteiger partial charge in [0.05, 0.1) is 13.2 Å². The lowest BCUT2D eigenvalue weighted by Gasteiger charge is -2.04. The van der Waals surface area contributed by atoms with Crippen LogP contribution in [-0.4, -0.2) is 24.7 Å². The van der Waals surface area contributed by atoms with E-state index in [1.165, 1.54) is 83.5 Å². The minimum absolute atomic E-state index is 0.215. The van der Waals surface area contributed by atoms with E-state index in [1.54, 1.807) is 0 Å². The minimum atomic E-state index is -2.79. The molecule has 0 heterocycles. The van der Waals surface area contributed by atoms with Crippen LogP contribution < -0.4 is 0 Å². The average molecular weight is 350 g/mol. The summed E-state index contributed by atoms with van der Waals surface area (Å²) in [5.41, 5.74) is 0. The second kappa shape index (κ2) is 20.2. The third-order valence-electron chi connectivity index (χ3n) is 4.10. The first-order valence-corrected chi connectivity index (χ1v) is 11.0. The zero-order valence-corrected chi connectivity index (χ0v) is 16.2. The van der Waals surface area contributed by atoms with Crippen LogP contribution >= 0.6 is 8.25 Å². The largest absolute Gasteiger partial charge is 0.379 e. The van der Waals surface area contributed by atoms with E-state index in [2.05, 4.69) is 11.4 Å². The van der Waals surface area contributed by atoms with Gasteiger partial charge in [0.15, 0.2) is 0 Å². The van der Waals surface area contributed by atoms with Crippen LogP contribution in [0.1, 0.15) is 96.8 Å². The van der Waals surface area contributed by atoms with E-state index in [0.717, 1.165) is 13.0 Å². The summed E-state index contributed by atoms with van der Waals surface area (Å²) in [6, 6.07) is 0. The predicted molar refractivity (Wildman–Crippen MR) is 98.3 cm³/mol. The van der Waals surface area contributed by atoms with Gasteiger partial charge in [-0.2, -0.15) is 0 Å². The van der Waals surface area contributed by atoms with Crippen LogP contribution in [0.2, 0.25) is 0 Å². The molecule has 0 aromatic heterocycles. The predicted octanol–water partition coefficient (Wildman–Crippen LogP) is 5.88. The van der Waals surface area contributed by atoms with Gasteiger partial charge in [-0.25, -0.2) is 0 Å². The van der Waals surface area contributed by atoms with Crippen LogP contribution in [0.5, 0.6) is 0 Å². The maximum Gasteiger partial charge on any atom is 0.316 e. The number of hydrogen-bond acceptors (Lipinski definition) is 3. The Kier molecular flexibility index (Phi) is 20.3. The van der Waals surface area contributed by atoms with Crippen molar-refractivity contribution < 1.29 is 18.7 Å². The first-order chi connectivity index (χ1) is 11.3. The molecule has 0 saturated carbocycles. The lowest BCUT2D eigenvalue weighted by molar-refractivity contribution is 0.0955. The molecular formula is C18H39O4P. The smallest absolute Gasteiger partial charge is 0.316 e. The standard InChI is InChI=1S/C18H39O4P/c1-2-3-4-5-6-7-8-9-10-11-12-13-14-15-16-21-17-18-22-23(19)20/h23H,2-18H2,1H3,(H,19,20). The van der Waals surface area contributed by atoms with E-state index in [9.17, 15) is 4.57 Å². The summed E-state index contributed by atoms with van der Waals surface area (Å²) in [6.07, 6.45) is 19.0. The van der Waals surface area contributed by atoms with Crippen LogP contribution in [0.4, 0.5) is 0 Å². The van der Waals surface area contributed by atoms with E-state index in [4.69, 9.17) is 9.63 Å². The fraction of sp³-hybridized carbons (Fsp3) is 1.00. The SMILES string of the molecule is CCCCCCCCCCCCCCCCOCCO[PH](=O)O. The van der Waals surface area contributed by atoms with E-state index in [0.29, 0.717) is 6.61 Å². The van der Waals surface area contributed by atoms with Crippen molar-refractivity contribution in [3.8, 4) is 0 Å². The van der Waals surface area contributed by atoms with Gasteiger partial charge >= 0.3 is 8.25 Å². The maximum absolute atomic E-state index is 10.3. The maximum atomic E-state index is 10.3. The molecule has 0 aromatic rings. The first-order valence-electron chi connectivity index (χ1n) is 9.70. The van der Waals surface area contributed by atoms with E-state index in [1.807, 2.05) is 0 Å². The van der Waals surface area contributed by atoms with E-state index < -0.39 is 8.25 Å². The van der Waals surface area contributed by atoms with Crippen molar-refractivity contribution >= 4 is 8.25 Å². The quantitative estimate of drug-likeness (QED) is 0.233. The molecule has 0 aliphatic heterocycles. The van der Waals surface area contributed by atoms with Crippen LogP contribution in [0.25, 0.3) is 0 Å². The van der Waals surface area contributed by atoms with E-state index >= 15 is 0 Å². The van der Waals surface area contributed by atoms with Crippen molar-refractivity contribution in [1.82, 2.24) is 0 Å². The highest BCUT2D eigenvalue weighted by Gasteiger charge is 1.95. The van der Waals surface area contributed by atoms with Gasteiger partial charge in [0.25, 0.3) is 0 Å². The highest BCUT2D eigenvalue weighted by atomic mass is 31.1. The molecule has 0 radical (unpaired) electrons. The molecule has 0 spiro atoms. The molecule has 0 aliphatic carbocycles. The van der Waals surface area contributed by atoms with Gasteiger partial charge in [0, 0.05) is 6.61 Å². The molecule has 0 amide bonds. The molecule has 140 valence electrons. The second-order valence-electron chi connectivity index (χ2n) is 6.32. The highest BCUT2D eigenvalue weighted by Crippen LogP contribution is 2.14. The van der Waals surface area contributed by atoms with Crippen molar-refractivity contribution in [2.24, 2.45) is 0 Å². The molecule has 0 aliphatic rings. The molecule has 23 heavy (non-hydrogen) atoms. The summed E-state index contributed by atoms with van der Waals surface area (Å²) in [5, 5.41) is 0. The Morgan fingerprint density at radius 1 is 0.652 bits per heavy atom. The molecule has 0 saturated heterocycles. The molecule has 1 atom stereocenters. The van der Waals surface area contributed by atoms with Crippen molar-refractivity contribution in [3.05, 3.63) is 0 Å². The lowest BCUT2D eigenvalue weighted by atomic mass is 10.0. The Bertz CT molecular complexity index is 249. The Labute approximate surface area is 144 Å². The van der Waals surface area contributed by atoms with Crippen LogP contribution in [0.15, 0.2) is 0 Å². The molecule has 0 fully saturated rings. The van der Waals surface area contributed by atoms with Crippen molar-refractivity contribution in [2.45, 2.75) is 96.8 Å². The van der Waals surface area contributed by atoms with Gasteiger partial charge in [0.2, 0.25) is 0 Å². The Morgan fingerprint density at radius 3 is 1.52 bits per heavy atom. The molecule has 5 heteroatoms.